The van der Waals surface area contributed by atoms with Crippen molar-refractivity contribution < 1.29 is 0 Å². The minimum Gasteiger partial charge on any atom is -0.0602 e. The molecule has 12 rings (SSSR count). The van der Waals surface area contributed by atoms with Crippen LogP contribution in [0.25, 0.3) is 89.2 Å². The minimum absolute atomic E-state index is 0.335. The summed E-state index contributed by atoms with van der Waals surface area (Å²) in [6, 6.07) is 76.1. The smallest absolute Gasteiger partial charge is 0.0547 e. The van der Waals surface area contributed by atoms with Crippen molar-refractivity contribution in [3.63, 3.8) is 0 Å². The van der Waals surface area contributed by atoms with Crippen LogP contribution in [0.4, 0.5) is 17.1 Å². The minimum atomic E-state index is 0.335. The zero-order chi connectivity index (χ0) is 38.2. The standard InChI is InChI=1S/C54H34N2SSe/c1-2-10-39(11-3-1)56-49-15-7-4-12-43(49)44-29-22-37(32-50(44)56)35-18-24-40(25-19-35)55(42-28-31-52-48(34-42)45-13-5-8-16-51(45)57-52)41-26-20-36(21-27-41)38-23-30-47-46-14-6-9-17-53(46)58-54(47)33-38/h1-34H. The van der Waals surface area contributed by atoms with Crippen molar-refractivity contribution in [2.75, 3.05) is 4.90 Å². The van der Waals surface area contributed by atoms with Gasteiger partial charge in [0.2, 0.25) is 0 Å². The van der Waals surface area contributed by atoms with Crippen molar-refractivity contribution in [3.8, 4) is 27.9 Å². The van der Waals surface area contributed by atoms with Gasteiger partial charge < -0.3 is 4.57 Å². The topological polar surface area (TPSA) is 8.17 Å². The van der Waals surface area contributed by atoms with E-state index in [2.05, 4.69) is 216 Å². The summed E-state index contributed by atoms with van der Waals surface area (Å²) in [7, 11) is 0. The number of benzene rings is 9. The summed E-state index contributed by atoms with van der Waals surface area (Å²) in [4.78, 5) is 2.40. The van der Waals surface area contributed by atoms with Crippen LogP contribution in [-0.2, 0) is 0 Å². The van der Waals surface area contributed by atoms with Gasteiger partial charge >= 0.3 is 197 Å². The van der Waals surface area contributed by atoms with E-state index in [1.807, 2.05) is 11.3 Å². The van der Waals surface area contributed by atoms with Crippen LogP contribution in [0.3, 0.4) is 0 Å². The SMILES string of the molecule is c1ccc(-n2c3ccccc3c3ccc(-c4ccc(N(c5ccc(-c6ccc7c(c6)[se]c6ccccc67)cc5)c5ccc6sc7ccccc7c6c5)cc4)cc32)cc1. The van der Waals surface area contributed by atoms with Crippen molar-refractivity contribution in [3.05, 3.63) is 206 Å². The molecule has 58 heavy (non-hydrogen) atoms. The Morgan fingerprint density at radius 2 is 0.897 bits per heavy atom. The molecule has 0 N–H and O–H groups in total. The molecule has 0 spiro atoms. The summed E-state index contributed by atoms with van der Waals surface area (Å²) < 4.78 is 7.96. The van der Waals surface area contributed by atoms with Gasteiger partial charge in [0.25, 0.3) is 0 Å². The average molecular weight is 822 g/mol. The zero-order valence-electron chi connectivity index (χ0n) is 31.3. The van der Waals surface area contributed by atoms with Gasteiger partial charge in [0.1, 0.15) is 0 Å². The third-order valence-electron chi connectivity index (χ3n) is 11.6. The number of hydrogen-bond acceptors (Lipinski definition) is 2. The summed E-state index contributed by atoms with van der Waals surface area (Å²) in [6.07, 6.45) is 0. The van der Waals surface area contributed by atoms with Gasteiger partial charge in [0.15, 0.2) is 0 Å². The van der Waals surface area contributed by atoms with Gasteiger partial charge in [-0.15, -0.1) is 11.3 Å². The van der Waals surface area contributed by atoms with Crippen molar-refractivity contribution in [2.24, 2.45) is 0 Å². The van der Waals surface area contributed by atoms with Gasteiger partial charge in [-0.05, 0) is 35.9 Å². The third-order valence-corrected chi connectivity index (χ3v) is 15.1. The number of nitrogens with zero attached hydrogens (tertiary/aromatic N) is 2. The molecule has 0 aliphatic rings. The number of fused-ring (bicyclic) bond motifs is 9. The molecule has 0 saturated carbocycles. The van der Waals surface area contributed by atoms with E-state index < -0.39 is 0 Å². The second kappa shape index (κ2) is 13.5. The average Bonchev–Trinajstić information content (AvgIpc) is 3.96. The van der Waals surface area contributed by atoms with Crippen molar-refractivity contribution in [1.82, 2.24) is 4.57 Å². The zero-order valence-corrected chi connectivity index (χ0v) is 33.9. The molecular weight excluding hydrogens is 788 g/mol. The first-order valence-electron chi connectivity index (χ1n) is 19.7. The molecule has 0 fully saturated rings. The van der Waals surface area contributed by atoms with Gasteiger partial charge in [-0.2, -0.15) is 0 Å². The Labute approximate surface area is 345 Å². The fourth-order valence-corrected chi connectivity index (χ4v) is 12.3. The van der Waals surface area contributed by atoms with Crippen LogP contribution < -0.4 is 4.90 Å². The molecule has 0 unspecified atom stereocenters. The molecular formula is C54H34N2SSe. The summed E-state index contributed by atoms with van der Waals surface area (Å²) in [6.45, 7) is 0. The predicted octanol–water partition coefficient (Wildman–Crippen LogP) is 15.3. The van der Waals surface area contributed by atoms with E-state index in [1.54, 1.807) is 0 Å². The fourth-order valence-electron chi connectivity index (χ4n) is 8.82. The first-order valence-corrected chi connectivity index (χ1v) is 22.2. The number of anilines is 3. The van der Waals surface area contributed by atoms with Crippen LogP contribution in [0.1, 0.15) is 0 Å². The molecule has 12 aromatic rings. The quantitative estimate of drug-likeness (QED) is 0.152. The Hall–Kier alpha value is -6.68. The molecule has 0 atom stereocenters. The van der Waals surface area contributed by atoms with Gasteiger partial charge in [0.05, 0.1) is 11.0 Å². The normalized spacial score (nSPS) is 11.8. The molecule has 3 aromatic heterocycles. The van der Waals surface area contributed by atoms with Crippen molar-refractivity contribution >= 4 is 104 Å². The Bertz CT molecular complexity index is 3500. The number of hydrogen-bond donors (Lipinski definition) is 0. The summed E-state index contributed by atoms with van der Waals surface area (Å²) in [5.74, 6) is 0. The van der Waals surface area contributed by atoms with E-state index in [4.69, 9.17) is 0 Å². The van der Waals surface area contributed by atoms with Crippen LogP contribution in [0.2, 0.25) is 0 Å². The maximum Gasteiger partial charge on any atom is 0.0547 e. The fraction of sp³-hybridized carbons (Fsp3) is 0. The first kappa shape index (κ1) is 33.5. The number of aromatic nitrogens is 1. The second-order valence-electron chi connectivity index (χ2n) is 14.9. The Morgan fingerprint density at radius 3 is 1.67 bits per heavy atom. The molecule has 0 aliphatic heterocycles. The van der Waals surface area contributed by atoms with E-state index in [-0.39, 0.29) is 0 Å². The largest absolute Gasteiger partial charge is 0.0602 e. The molecule has 272 valence electrons. The predicted molar refractivity (Wildman–Crippen MR) is 251 cm³/mol. The third kappa shape index (κ3) is 5.45. The molecule has 0 radical (unpaired) electrons. The molecule has 0 saturated heterocycles. The molecule has 0 amide bonds. The number of para-hydroxylation sites is 2. The molecule has 3 heterocycles. The summed E-state index contributed by atoms with van der Waals surface area (Å²) >= 11 is 2.19. The molecule has 0 bridgehead atoms. The van der Waals surface area contributed by atoms with Crippen LogP contribution in [0.15, 0.2) is 206 Å². The molecule has 0 aliphatic carbocycles. The molecule has 4 heteroatoms. The van der Waals surface area contributed by atoms with Gasteiger partial charge in [-0.25, -0.2) is 0 Å². The van der Waals surface area contributed by atoms with Crippen LogP contribution >= 0.6 is 11.3 Å². The van der Waals surface area contributed by atoms with E-state index in [9.17, 15) is 0 Å². The first-order chi connectivity index (χ1) is 28.7. The monoisotopic (exact) mass is 822 g/mol. The Balaban J connectivity index is 0.956. The number of rotatable bonds is 6. The van der Waals surface area contributed by atoms with E-state index in [0.29, 0.717) is 14.5 Å². The summed E-state index contributed by atoms with van der Waals surface area (Å²) in [5.41, 5.74) is 11.9. The van der Waals surface area contributed by atoms with Crippen LogP contribution in [0, 0.1) is 0 Å². The van der Waals surface area contributed by atoms with Crippen molar-refractivity contribution in [1.29, 1.82) is 0 Å². The second-order valence-corrected chi connectivity index (χ2v) is 18.3. The van der Waals surface area contributed by atoms with Crippen LogP contribution in [0.5, 0.6) is 0 Å². The van der Waals surface area contributed by atoms with Gasteiger partial charge in [-0.1, -0.05) is 66.7 Å². The maximum absolute atomic E-state index is 2.41. The maximum atomic E-state index is 2.41. The van der Waals surface area contributed by atoms with Gasteiger partial charge in [0, 0.05) is 21.2 Å². The summed E-state index contributed by atoms with van der Waals surface area (Å²) in [5, 5.41) is 7.91. The van der Waals surface area contributed by atoms with Crippen molar-refractivity contribution in [2.45, 2.75) is 0 Å². The molecule has 9 aromatic carbocycles. The van der Waals surface area contributed by atoms with E-state index in [0.717, 1.165) is 17.1 Å². The Morgan fingerprint density at radius 1 is 0.345 bits per heavy atom. The van der Waals surface area contributed by atoms with E-state index >= 15 is 0 Å². The molecule has 2 nitrogen and oxygen atoms in total. The van der Waals surface area contributed by atoms with E-state index in [1.165, 1.54) is 89.2 Å². The van der Waals surface area contributed by atoms with Crippen LogP contribution in [-0.4, -0.2) is 19.1 Å². The van der Waals surface area contributed by atoms with Gasteiger partial charge in [-0.3, -0.25) is 0 Å². The number of thiophene rings is 1. The Kier molecular flexibility index (Phi) is 7.77.